The second-order valence-electron chi connectivity index (χ2n) is 1.45. The minimum absolute atomic E-state index is 0. The average Bonchev–Trinajstić information content (AvgIpc) is 1.90. The van der Waals surface area contributed by atoms with Gasteiger partial charge < -0.3 is 0 Å². The average molecular weight is 150 g/mol. The normalized spacial score (nSPS) is 15.4. The van der Waals surface area contributed by atoms with Crippen molar-refractivity contribution in [3.05, 3.63) is 24.4 Å². The molecule has 3 nitrogen and oxygen atoms in total. The minimum atomic E-state index is 0. The van der Waals surface area contributed by atoms with Gasteiger partial charge in [0.25, 0.3) is 0 Å². The first-order chi connectivity index (χ1) is 3.93. The van der Waals surface area contributed by atoms with Crippen LogP contribution < -0.4 is 0 Å². The highest BCUT2D eigenvalue weighted by molar-refractivity contribution is 5.85. The van der Waals surface area contributed by atoms with E-state index in [1.165, 1.54) is 5.06 Å². The summed E-state index contributed by atoms with van der Waals surface area (Å²) >= 11 is 0. The number of hydrogen-bond acceptors (Lipinski definition) is 3. The molecular weight excluding hydrogens is 142 g/mol. The van der Waals surface area contributed by atoms with Crippen molar-refractivity contribution in [2.45, 2.75) is 0 Å². The first kappa shape index (κ1) is 8.49. The van der Waals surface area contributed by atoms with Crippen molar-refractivity contribution in [2.24, 2.45) is 0 Å². The van der Waals surface area contributed by atoms with E-state index in [4.69, 9.17) is 5.26 Å². The highest BCUT2D eigenvalue weighted by Crippen LogP contribution is 1.95. The maximum Gasteiger partial charge on any atom is 0.0662 e. The summed E-state index contributed by atoms with van der Waals surface area (Å²) in [6.07, 6.45) is 7.17. The summed E-state index contributed by atoms with van der Waals surface area (Å²) in [5.74, 6) is 0. The summed E-state index contributed by atoms with van der Waals surface area (Å²) in [5.41, 5.74) is 0. The van der Waals surface area contributed by atoms with Crippen molar-refractivity contribution in [3.63, 3.8) is 0 Å². The van der Waals surface area contributed by atoms with Gasteiger partial charge in [-0.3, -0.25) is 0 Å². The maximum absolute atomic E-state index is 8.03. The van der Waals surface area contributed by atoms with Crippen LogP contribution in [0.1, 0.15) is 0 Å². The Morgan fingerprint density at radius 2 is 2.22 bits per heavy atom. The van der Waals surface area contributed by atoms with Crippen LogP contribution in [0.5, 0.6) is 0 Å². The van der Waals surface area contributed by atoms with Crippen LogP contribution in [-0.2, 0) is 4.99 Å². The molecule has 0 fully saturated rings. The van der Waals surface area contributed by atoms with Gasteiger partial charge in [-0.15, -0.1) is 17.4 Å². The number of allylic oxidation sites excluding steroid dienone is 2. The van der Waals surface area contributed by atoms with Crippen molar-refractivity contribution < 1.29 is 10.2 Å². The summed E-state index contributed by atoms with van der Waals surface area (Å²) in [4.78, 5) is 3.89. The molecule has 1 heterocycles. The van der Waals surface area contributed by atoms with Gasteiger partial charge in [0.05, 0.1) is 6.54 Å². The molecule has 0 radical (unpaired) electrons. The quantitative estimate of drug-likeness (QED) is 0.449. The van der Waals surface area contributed by atoms with Gasteiger partial charge in [0.15, 0.2) is 0 Å². The molecule has 0 aromatic carbocycles. The predicted octanol–water partition coefficient (Wildman–Crippen LogP) is 1.20. The molecule has 0 aromatic heterocycles. The Bertz CT molecular complexity index is 124. The number of halogens is 1. The second kappa shape index (κ2) is 4.38. The fourth-order valence-electron chi connectivity index (χ4n) is 0.510. The molecule has 0 aromatic rings. The van der Waals surface area contributed by atoms with E-state index in [1.807, 2.05) is 12.2 Å². The summed E-state index contributed by atoms with van der Waals surface area (Å²) < 4.78 is 0. The van der Waals surface area contributed by atoms with E-state index < -0.39 is 0 Å². The molecule has 0 saturated carbocycles. The van der Waals surface area contributed by atoms with Gasteiger partial charge in [0, 0.05) is 6.20 Å². The van der Waals surface area contributed by atoms with Crippen LogP contribution in [0.15, 0.2) is 24.4 Å². The molecule has 0 aliphatic carbocycles. The first-order valence-electron chi connectivity index (χ1n) is 2.35. The van der Waals surface area contributed by atoms with E-state index in [0.717, 1.165) is 0 Å². The van der Waals surface area contributed by atoms with E-state index in [-0.39, 0.29) is 12.4 Å². The van der Waals surface area contributed by atoms with Crippen molar-refractivity contribution in [3.8, 4) is 0 Å². The topological polar surface area (TPSA) is 32.7 Å². The first-order valence-corrected chi connectivity index (χ1v) is 2.35. The fourth-order valence-corrected chi connectivity index (χ4v) is 0.510. The van der Waals surface area contributed by atoms with Gasteiger partial charge >= 0.3 is 0 Å². The van der Waals surface area contributed by atoms with E-state index in [2.05, 4.69) is 4.99 Å². The minimum Gasteiger partial charge on any atom is -0.227 e. The highest BCUT2D eigenvalue weighted by atomic mass is 35.5. The summed E-state index contributed by atoms with van der Waals surface area (Å²) in [6, 6.07) is 0. The Balaban J connectivity index is 0.000000640. The summed E-state index contributed by atoms with van der Waals surface area (Å²) in [6.45, 7) is 0.604. The zero-order chi connectivity index (χ0) is 5.82. The van der Waals surface area contributed by atoms with Crippen LogP contribution in [0.2, 0.25) is 0 Å². The Morgan fingerprint density at radius 1 is 1.44 bits per heavy atom. The third-order valence-corrected chi connectivity index (χ3v) is 0.890. The zero-order valence-electron chi connectivity index (χ0n) is 4.73. The molecular formula is C5H8ClNO2. The monoisotopic (exact) mass is 149 g/mol. The van der Waals surface area contributed by atoms with Crippen LogP contribution in [0.3, 0.4) is 0 Å². The molecule has 0 unspecified atom stereocenters. The lowest BCUT2D eigenvalue weighted by Gasteiger charge is -2.12. The van der Waals surface area contributed by atoms with Crippen LogP contribution in [0, 0.1) is 0 Å². The molecule has 1 aliphatic rings. The Morgan fingerprint density at radius 3 is 2.56 bits per heavy atom. The van der Waals surface area contributed by atoms with Crippen LogP contribution in [-0.4, -0.2) is 16.9 Å². The maximum atomic E-state index is 8.03. The lowest BCUT2D eigenvalue weighted by atomic mass is 10.4. The molecule has 0 saturated heterocycles. The number of hydrogen-bond donors (Lipinski definition) is 1. The summed E-state index contributed by atoms with van der Waals surface area (Å²) in [7, 11) is 0. The summed E-state index contributed by atoms with van der Waals surface area (Å²) in [5, 5.41) is 9.34. The van der Waals surface area contributed by atoms with Crippen LogP contribution >= 0.6 is 12.4 Å². The number of rotatable bonds is 1. The molecule has 4 heteroatoms. The Hall–Kier alpha value is -0.510. The molecule has 0 atom stereocenters. The Labute approximate surface area is 59.5 Å². The SMILES string of the molecule is Cl.OON1C=CC=CC1. The van der Waals surface area contributed by atoms with Gasteiger partial charge in [-0.05, 0) is 6.08 Å². The number of nitrogens with zero attached hydrogens (tertiary/aromatic N) is 1. The second-order valence-corrected chi connectivity index (χ2v) is 1.45. The molecule has 1 N–H and O–H groups in total. The van der Waals surface area contributed by atoms with Gasteiger partial charge in [0.1, 0.15) is 0 Å². The van der Waals surface area contributed by atoms with Crippen molar-refractivity contribution in [1.29, 1.82) is 0 Å². The lowest BCUT2D eigenvalue weighted by molar-refractivity contribution is -0.375. The number of hydroxylamine groups is 2. The molecule has 9 heavy (non-hydrogen) atoms. The standard InChI is InChI=1S/C5H7NO2.ClH/c7-8-6-4-2-1-3-5-6;/h1-4,7H,5H2;1H. The third-order valence-electron chi connectivity index (χ3n) is 0.890. The zero-order valence-corrected chi connectivity index (χ0v) is 5.54. The van der Waals surface area contributed by atoms with Gasteiger partial charge in [-0.2, -0.15) is 0 Å². The van der Waals surface area contributed by atoms with Crippen LogP contribution in [0.25, 0.3) is 0 Å². The van der Waals surface area contributed by atoms with Gasteiger partial charge in [0.2, 0.25) is 0 Å². The molecule has 0 bridgehead atoms. The van der Waals surface area contributed by atoms with E-state index in [0.29, 0.717) is 6.54 Å². The molecule has 1 aliphatic heterocycles. The van der Waals surface area contributed by atoms with Crippen molar-refractivity contribution in [1.82, 2.24) is 5.06 Å². The molecule has 0 spiro atoms. The molecule has 52 valence electrons. The van der Waals surface area contributed by atoms with Gasteiger partial charge in [-0.1, -0.05) is 12.2 Å². The fraction of sp³-hybridized carbons (Fsp3) is 0.200. The van der Waals surface area contributed by atoms with Crippen LogP contribution in [0.4, 0.5) is 0 Å². The van der Waals surface area contributed by atoms with E-state index >= 15 is 0 Å². The smallest absolute Gasteiger partial charge is 0.0662 e. The predicted molar refractivity (Wildman–Crippen MR) is 35.9 cm³/mol. The largest absolute Gasteiger partial charge is 0.227 e. The van der Waals surface area contributed by atoms with E-state index in [9.17, 15) is 0 Å². The molecule has 0 amide bonds. The Kier molecular flexibility index (Phi) is 4.13. The van der Waals surface area contributed by atoms with E-state index in [1.54, 1.807) is 12.3 Å². The highest BCUT2D eigenvalue weighted by Gasteiger charge is 1.94. The lowest BCUT2D eigenvalue weighted by Crippen LogP contribution is -2.16. The van der Waals surface area contributed by atoms with Gasteiger partial charge in [-0.25, -0.2) is 10.3 Å². The van der Waals surface area contributed by atoms with Crippen molar-refractivity contribution in [2.75, 3.05) is 6.54 Å². The van der Waals surface area contributed by atoms with Crippen molar-refractivity contribution >= 4 is 12.4 Å². The molecule has 1 rings (SSSR count). The third kappa shape index (κ3) is 2.51.